The van der Waals surface area contributed by atoms with Crippen molar-refractivity contribution < 1.29 is 18.4 Å². The summed E-state index contributed by atoms with van der Waals surface area (Å²) < 4.78 is 26.4. The molecule has 124 valence electrons. The second-order valence-electron chi connectivity index (χ2n) is 6.01. The van der Waals surface area contributed by atoms with Gasteiger partial charge in [-0.2, -0.15) is 0 Å². The summed E-state index contributed by atoms with van der Waals surface area (Å²) in [5.74, 6) is -3.20. The van der Waals surface area contributed by atoms with E-state index >= 15 is 0 Å². The van der Waals surface area contributed by atoms with Gasteiger partial charge in [0.1, 0.15) is 5.92 Å². The van der Waals surface area contributed by atoms with Crippen molar-refractivity contribution >= 4 is 17.5 Å². The minimum Gasteiger partial charge on any atom is -0.337 e. The SMILES string of the molecule is C[C@H]1CNCCN1C(=O)[C@H]1CCN(c2ccc(F)c(F)c2)C1=O. The molecule has 2 fully saturated rings. The zero-order chi connectivity index (χ0) is 16.6. The average molecular weight is 323 g/mol. The molecule has 0 bridgehead atoms. The van der Waals surface area contributed by atoms with Crippen molar-refractivity contribution in [1.82, 2.24) is 10.2 Å². The highest BCUT2D eigenvalue weighted by Crippen LogP contribution is 2.28. The highest BCUT2D eigenvalue weighted by atomic mass is 19.2. The number of halogens is 2. The number of hydrogen-bond acceptors (Lipinski definition) is 3. The van der Waals surface area contributed by atoms with Gasteiger partial charge < -0.3 is 15.1 Å². The Morgan fingerprint density at radius 3 is 2.74 bits per heavy atom. The number of benzene rings is 1. The van der Waals surface area contributed by atoms with Crippen LogP contribution >= 0.6 is 0 Å². The molecule has 2 aliphatic heterocycles. The van der Waals surface area contributed by atoms with Gasteiger partial charge in [-0.1, -0.05) is 0 Å². The van der Waals surface area contributed by atoms with Crippen LogP contribution in [-0.4, -0.2) is 48.9 Å². The topological polar surface area (TPSA) is 52.7 Å². The Hall–Kier alpha value is -2.02. The van der Waals surface area contributed by atoms with Gasteiger partial charge in [-0.05, 0) is 25.5 Å². The number of nitrogens with one attached hydrogen (secondary N) is 1. The van der Waals surface area contributed by atoms with Crippen LogP contribution in [0.15, 0.2) is 18.2 Å². The van der Waals surface area contributed by atoms with E-state index in [2.05, 4.69) is 5.32 Å². The van der Waals surface area contributed by atoms with Crippen molar-refractivity contribution in [2.45, 2.75) is 19.4 Å². The maximum Gasteiger partial charge on any atom is 0.239 e. The molecular formula is C16H19F2N3O2. The zero-order valence-electron chi connectivity index (χ0n) is 12.9. The molecule has 2 amide bonds. The number of piperazine rings is 1. The summed E-state index contributed by atoms with van der Waals surface area (Å²) in [6.45, 7) is 4.27. The van der Waals surface area contributed by atoms with Crippen LogP contribution in [0.5, 0.6) is 0 Å². The minimum absolute atomic E-state index is 0.0429. The van der Waals surface area contributed by atoms with Crippen molar-refractivity contribution in [1.29, 1.82) is 0 Å². The molecule has 2 heterocycles. The molecule has 5 nitrogen and oxygen atoms in total. The second-order valence-corrected chi connectivity index (χ2v) is 6.01. The van der Waals surface area contributed by atoms with E-state index in [1.54, 1.807) is 4.90 Å². The molecule has 0 spiro atoms. The number of nitrogens with zero attached hydrogens (tertiary/aromatic N) is 2. The van der Waals surface area contributed by atoms with Gasteiger partial charge in [0.15, 0.2) is 11.6 Å². The fourth-order valence-electron chi connectivity index (χ4n) is 3.19. The maximum atomic E-state index is 13.4. The molecule has 23 heavy (non-hydrogen) atoms. The van der Waals surface area contributed by atoms with E-state index in [0.29, 0.717) is 32.6 Å². The summed E-state index contributed by atoms with van der Waals surface area (Å²) in [6.07, 6.45) is 0.396. The van der Waals surface area contributed by atoms with Crippen LogP contribution in [-0.2, 0) is 9.59 Å². The Morgan fingerprint density at radius 2 is 2.04 bits per heavy atom. The fraction of sp³-hybridized carbons (Fsp3) is 0.500. The van der Waals surface area contributed by atoms with Crippen molar-refractivity contribution in [2.75, 3.05) is 31.1 Å². The van der Waals surface area contributed by atoms with E-state index in [1.807, 2.05) is 6.92 Å². The van der Waals surface area contributed by atoms with Gasteiger partial charge in [0, 0.05) is 44.0 Å². The number of carbonyl (C=O) groups is 2. The van der Waals surface area contributed by atoms with Crippen LogP contribution in [0.4, 0.5) is 14.5 Å². The van der Waals surface area contributed by atoms with E-state index < -0.39 is 17.6 Å². The molecule has 7 heteroatoms. The standard InChI is InChI=1S/C16H19F2N3O2/c1-10-9-19-5-7-20(10)15(22)12-4-6-21(16(12)23)11-2-3-13(17)14(18)8-11/h2-3,8,10,12,19H,4-7,9H2,1H3/t10-,12+/m0/s1. The predicted octanol–water partition coefficient (Wildman–Crippen LogP) is 1.14. The molecule has 2 atom stereocenters. The van der Waals surface area contributed by atoms with Gasteiger partial charge in [0.2, 0.25) is 11.8 Å². The van der Waals surface area contributed by atoms with E-state index in [4.69, 9.17) is 0 Å². The quantitative estimate of drug-likeness (QED) is 0.831. The maximum absolute atomic E-state index is 13.4. The lowest BCUT2D eigenvalue weighted by atomic mass is 10.0. The highest BCUT2D eigenvalue weighted by Gasteiger charge is 2.41. The van der Waals surface area contributed by atoms with Crippen LogP contribution in [0.1, 0.15) is 13.3 Å². The first-order chi connectivity index (χ1) is 11.0. The third-order valence-electron chi connectivity index (χ3n) is 4.50. The Kier molecular flexibility index (Phi) is 4.30. The third-order valence-corrected chi connectivity index (χ3v) is 4.50. The molecule has 0 aromatic heterocycles. The van der Waals surface area contributed by atoms with Crippen LogP contribution < -0.4 is 10.2 Å². The number of carbonyl (C=O) groups excluding carboxylic acids is 2. The molecule has 1 N–H and O–H groups in total. The summed E-state index contributed by atoms with van der Waals surface area (Å²) in [5, 5.41) is 3.20. The molecule has 0 radical (unpaired) electrons. The monoisotopic (exact) mass is 323 g/mol. The largest absolute Gasteiger partial charge is 0.337 e. The van der Waals surface area contributed by atoms with Crippen LogP contribution in [0.25, 0.3) is 0 Å². The van der Waals surface area contributed by atoms with E-state index in [0.717, 1.165) is 12.1 Å². The lowest BCUT2D eigenvalue weighted by Gasteiger charge is -2.35. The summed E-state index contributed by atoms with van der Waals surface area (Å²) in [6, 6.07) is 3.39. The van der Waals surface area contributed by atoms with Crippen molar-refractivity contribution in [3.05, 3.63) is 29.8 Å². The summed E-state index contributed by atoms with van der Waals surface area (Å²) in [5.41, 5.74) is 0.289. The van der Waals surface area contributed by atoms with Gasteiger partial charge in [0.05, 0.1) is 0 Å². The molecule has 1 aromatic carbocycles. The molecular weight excluding hydrogens is 304 g/mol. The fourth-order valence-corrected chi connectivity index (χ4v) is 3.19. The zero-order valence-corrected chi connectivity index (χ0v) is 12.9. The smallest absolute Gasteiger partial charge is 0.239 e. The first kappa shape index (κ1) is 15.9. The molecule has 2 saturated heterocycles. The Bertz CT molecular complexity index is 638. The van der Waals surface area contributed by atoms with Crippen LogP contribution in [0, 0.1) is 17.6 Å². The van der Waals surface area contributed by atoms with Crippen LogP contribution in [0.2, 0.25) is 0 Å². The van der Waals surface area contributed by atoms with Gasteiger partial charge >= 0.3 is 0 Å². The lowest BCUT2D eigenvalue weighted by Crippen LogP contribution is -2.54. The Labute approximate surface area is 133 Å². The van der Waals surface area contributed by atoms with Crippen LogP contribution in [0.3, 0.4) is 0 Å². The number of amides is 2. The predicted molar refractivity (Wildman–Crippen MR) is 80.9 cm³/mol. The number of rotatable bonds is 2. The minimum atomic E-state index is -0.999. The average Bonchev–Trinajstić information content (AvgIpc) is 2.91. The second kappa shape index (κ2) is 6.23. The molecule has 2 aliphatic rings. The summed E-state index contributed by atoms with van der Waals surface area (Å²) in [7, 11) is 0. The van der Waals surface area contributed by atoms with Crippen molar-refractivity contribution in [3.8, 4) is 0 Å². The van der Waals surface area contributed by atoms with Gasteiger partial charge in [0.25, 0.3) is 0 Å². The highest BCUT2D eigenvalue weighted by molar-refractivity contribution is 6.09. The third kappa shape index (κ3) is 2.93. The van der Waals surface area contributed by atoms with Gasteiger partial charge in [-0.15, -0.1) is 0 Å². The molecule has 0 unspecified atom stereocenters. The molecule has 3 rings (SSSR count). The molecule has 1 aromatic rings. The summed E-state index contributed by atoms with van der Waals surface area (Å²) >= 11 is 0. The van der Waals surface area contributed by atoms with E-state index in [9.17, 15) is 18.4 Å². The van der Waals surface area contributed by atoms with Gasteiger partial charge in [-0.3, -0.25) is 9.59 Å². The number of anilines is 1. The van der Waals surface area contributed by atoms with E-state index in [1.165, 1.54) is 11.0 Å². The lowest BCUT2D eigenvalue weighted by molar-refractivity contribution is -0.142. The summed E-state index contributed by atoms with van der Waals surface area (Å²) in [4.78, 5) is 28.3. The van der Waals surface area contributed by atoms with Gasteiger partial charge in [-0.25, -0.2) is 8.78 Å². The van der Waals surface area contributed by atoms with E-state index in [-0.39, 0.29) is 23.5 Å². The first-order valence-electron chi connectivity index (χ1n) is 7.76. The Balaban J connectivity index is 1.75. The Morgan fingerprint density at radius 1 is 1.26 bits per heavy atom. The normalized spacial score (nSPS) is 25.1. The first-order valence-corrected chi connectivity index (χ1v) is 7.76. The number of hydrogen-bond donors (Lipinski definition) is 1. The molecule has 0 saturated carbocycles. The molecule has 0 aliphatic carbocycles. The van der Waals surface area contributed by atoms with Crippen molar-refractivity contribution in [2.24, 2.45) is 5.92 Å². The van der Waals surface area contributed by atoms with Crippen molar-refractivity contribution in [3.63, 3.8) is 0 Å².